The average molecular weight is 295 g/mol. The Morgan fingerprint density at radius 2 is 2.25 bits per heavy atom. The van der Waals surface area contributed by atoms with Gasteiger partial charge in [-0.2, -0.15) is 0 Å². The number of ether oxygens (including phenoxy) is 1. The van der Waals surface area contributed by atoms with Gasteiger partial charge in [-0.05, 0) is 17.9 Å². The summed E-state index contributed by atoms with van der Waals surface area (Å²) in [6.07, 6.45) is 0.742. The molecule has 1 rings (SSSR count). The molecule has 0 saturated heterocycles. The van der Waals surface area contributed by atoms with Crippen molar-refractivity contribution in [2.24, 2.45) is 0 Å². The molecule has 0 saturated carbocycles. The van der Waals surface area contributed by atoms with E-state index in [9.17, 15) is 9.59 Å². The number of thiophene rings is 1. The molecule has 0 aromatic carbocycles. The van der Waals surface area contributed by atoms with E-state index in [1.807, 2.05) is 6.92 Å². The Hall–Kier alpha value is -1.84. The summed E-state index contributed by atoms with van der Waals surface area (Å²) in [4.78, 5) is 25.7. The molecule has 0 spiro atoms. The van der Waals surface area contributed by atoms with E-state index in [2.05, 4.69) is 16.6 Å². The lowest BCUT2D eigenvalue weighted by molar-refractivity contribution is -0.141. The molecule has 0 unspecified atom stereocenters. The zero-order chi connectivity index (χ0) is 15.0. The second-order valence-electron chi connectivity index (χ2n) is 3.93. The van der Waals surface area contributed by atoms with Crippen molar-refractivity contribution in [1.29, 1.82) is 0 Å². The number of esters is 1. The molecule has 0 fully saturated rings. The number of methoxy groups -OCH3 is 1. The number of amides is 1. The molecule has 6 heteroatoms. The molecule has 1 amide bonds. The first-order valence-electron chi connectivity index (χ1n) is 6.17. The average Bonchev–Trinajstić information content (AvgIpc) is 2.91. The number of carbonyl (C=O) groups excluding carboxylic acids is 2. The third-order valence-corrected chi connectivity index (χ3v) is 3.39. The summed E-state index contributed by atoms with van der Waals surface area (Å²) >= 11 is 1.27. The molecule has 0 atom stereocenters. The number of rotatable bonds is 5. The minimum atomic E-state index is -0.452. The first kappa shape index (κ1) is 16.2. The van der Waals surface area contributed by atoms with Crippen molar-refractivity contribution in [3.63, 3.8) is 0 Å². The van der Waals surface area contributed by atoms with E-state index < -0.39 is 5.97 Å². The summed E-state index contributed by atoms with van der Waals surface area (Å²) in [5, 5.41) is 10.5. The van der Waals surface area contributed by atoms with Crippen molar-refractivity contribution < 1.29 is 19.4 Å². The topological polar surface area (TPSA) is 66.8 Å². The molecule has 5 nitrogen and oxygen atoms in total. The highest BCUT2D eigenvalue weighted by atomic mass is 32.1. The molecule has 1 aromatic heterocycles. The molecule has 0 aliphatic heterocycles. The Bertz CT molecular complexity index is 527. The molecule has 1 aromatic rings. The molecule has 1 heterocycles. The first-order chi connectivity index (χ1) is 9.63. The Kier molecular flexibility index (Phi) is 6.77. The van der Waals surface area contributed by atoms with Crippen LogP contribution in [0.2, 0.25) is 0 Å². The zero-order valence-electron chi connectivity index (χ0n) is 11.5. The van der Waals surface area contributed by atoms with E-state index in [0.717, 1.165) is 6.42 Å². The number of aliphatic hydroxyl groups is 1. The van der Waals surface area contributed by atoms with Gasteiger partial charge in [-0.1, -0.05) is 18.8 Å². The summed E-state index contributed by atoms with van der Waals surface area (Å²) in [6.45, 7) is 2.06. The summed E-state index contributed by atoms with van der Waals surface area (Å²) in [5.41, 5.74) is 0.569. The van der Waals surface area contributed by atoms with Gasteiger partial charge in [0.25, 0.3) is 5.91 Å². The van der Waals surface area contributed by atoms with Crippen molar-refractivity contribution in [3.8, 4) is 11.8 Å². The highest BCUT2D eigenvalue weighted by Gasteiger charge is 2.21. The second kappa shape index (κ2) is 8.35. The Balaban J connectivity index is 2.94. The van der Waals surface area contributed by atoms with Crippen molar-refractivity contribution in [3.05, 3.63) is 21.9 Å². The summed E-state index contributed by atoms with van der Waals surface area (Å²) in [6, 6.07) is 1.73. The zero-order valence-corrected chi connectivity index (χ0v) is 12.3. The van der Waals surface area contributed by atoms with Crippen molar-refractivity contribution in [2.45, 2.75) is 13.3 Å². The van der Waals surface area contributed by atoms with E-state index in [0.29, 0.717) is 17.0 Å². The van der Waals surface area contributed by atoms with Gasteiger partial charge in [0.1, 0.15) is 18.0 Å². The van der Waals surface area contributed by atoms with Gasteiger partial charge in [-0.3, -0.25) is 9.59 Å². The fraction of sp³-hybridized carbons (Fsp3) is 0.429. The van der Waals surface area contributed by atoms with E-state index in [1.54, 1.807) is 11.4 Å². The lowest BCUT2D eigenvalue weighted by Crippen LogP contribution is -2.36. The van der Waals surface area contributed by atoms with Gasteiger partial charge in [-0.25, -0.2) is 0 Å². The van der Waals surface area contributed by atoms with E-state index in [4.69, 9.17) is 5.11 Å². The maximum absolute atomic E-state index is 12.4. The smallest absolute Gasteiger partial charge is 0.325 e. The predicted molar refractivity (Wildman–Crippen MR) is 76.5 cm³/mol. The van der Waals surface area contributed by atoms with Gasteiger partial charge in [-0.15, -0.1) is 11.3 Å². The summed E-state index contributed by atoms with van der Waals surface area (Å²) < 4.78 is 4.60. The van der Waals surface area contributed by atoms with Crippen molar-refractivity contribution in [2.75, 3.05) is 26.8 Å². The number of hydrogen-bond donors (Lipinski definition) is 1. The minimum Gasteiger partial charge on any atom is -0.468 e. The van der Waals surface area contributed by atoms with Crippen LogP contribution in [0.4, 0.5) is 0 Å². The fourth-order valence-electron chi connectivity index (χ4n) is 1.59. The molecule has 0 aliphatic rings. The van der Waals surface area contributed by atoms with Gasteiger partial charge < -0.3 is 14.7 Å². The van der Waals surface area contributed by atoms with Crippen LogP contribution < -0.4 is 0 Å². The molecular weight excluding hydrogens is 278 g/mol. The van der Waals surface area contributed by atoms with Crippen LogP contribution in [-0.2, 0) is 9.53 Å². The number of carbonyl (C=O) groups is 2. The van der Waals surface area contributed by atoms with Crippen LogP contribution in [0, 0.1) is 11.8 Å². The number of nitrogens with zero attached hydrogens (tertiary/aromatic N) is 1. The lowest BCUT2D eigenvalue weighted by Gasteiger charge is -2.20. The molecule has 20 heavy (non-hydrogen) atoms. The van der Waals surface area contributed by atoms with E-state index >= 15 is 0 Å². The van der Waals surface area contributed by atoms with Crippen LogP contribution in [-0.4, -0.2) is 48.7 Å². The van der Waals surface area contributed by atoms with Crippen LogP contribution in [0.5, 0.6) is 0 Å². The molecule has 0 aliphatic carbocycles. The largest absolute Gasteiger partial charge is 0.468 e. The lowest BCUT2D eigenvalue weighted by atomic mass is 10.2. The maximum atomic E-state index is 12.4. The summed E-state index contributed by atoms with van der Waals surface area (Å²) in [7, 11) is 1.29. The Labute approximate surface area is 122 Å². The van der Waals surface area contributed by atoms with E-state index in [-0.39, 0.29) is 19.1 Å². The fourth-order valence-corrected chi connectivity index (χ4v) is 2.41. The molecule has 0 radical (unpaired) electrons. The third kappa shape index (κ3) is 4.37. The normalized spacial score (nSPS) is 9.55. The van der Waals surface area contributed by atoms with E-state index in [1.165, 1.54) is 23.3 Å². The second-order valence-corrected chi connectivity index (χ2v) is 4.84. The molecule has 108 valence electrons. The maximum Gasteiger partial charge on any atom is 0.325 e. The minimum absolute atomic E-state index is 0.0755. The van der Waals surface area contributed by atoms with Gasteiger partial charge >= 0.3 is 5.97 Å². The number of hydrogen-bond acceptors (Lipinski definition) is 5. The van der Waals surface area contributed by atoms with Crippen LogP contribution >= 0.6 is 11.3 Å². The van der Waals surface area contributed by atoms with Crippen LogP contribution in [0.3, 0.4) is 0 Å². The SMILES string of the molecule is CCCN(CC(=O)OC)C(=O)c1sccc1C#CCO. The first-order valence-corrected chi connectivity index (χ1v) is 7.05. The molecule has 1 N–H and O–H groups in total. The molecular formula is C14H17NO4S. The van der Waals surface area contributed by atoms with Crippen LogP contribution in [0.1, 0.15) is 28.6 Å². The van der Waals surface area contributed by atoms with Gasteiger partial charge in [0, 0.05) is 12.1 Å². The third-order valence-electron chi connectivity index (χ3n) is 2.49. The highest BCUT2D eigenvalue weighted by molar-refractivity contribution is 7.12. The van der Waals surface area contributed by atoms with Crippen molar-refractivity contribution in [1.82, 2.24) is 4.90 Å². The van der Waals surface area contributed by atoms with Gasteiger partial charge in [0.2, 0.25) is 0 Å². The number of aliphatic hydroxyl groups excluding tert-OH is 1. The van der Waals surface area contributed by atoms with Crippen LogP contribution in [0.25, 0.3) is 0 Å². The quantitative estimate of drug-likeness (QED) is 0.653. The van der Waals surface area contributed by atoms with Crippen molar-refractivity contribution >= 4 is 23.2 Å². The standard InChI is InChI=1S/C14H17NO4S/c1-3-7-15(10-12(17)19-2)14(18)13-11(5-4-8-16)6-9-20-13/h6,9,16H,3,7-8,10H2,1-2H3. The molecule has 0 bridgehead atoms. The highest BCUT2D eigenvalue weighted by Crippen LogP contribution is 2.18. The van der Waals surface area contributed by atoms with Gasteiger partial charge in [0.05, 0.1) is 7.11 Å². The van der Waals surface area contributed by atoms with Crippen LogP contribution in [0.15, 0.2) is 11.4 Å². The summed E-state index contributed by atoms with van der Waals surface area (Å²) in [5.74, 6) is 4.56. The Morgan fingerprint density at radius 1 is 1.50 bits per heavy atom. The van der Waals surface area contributed by atoms with Gasteiger partial charge in [0.15, 0.2) is 0 Å². The Morgan fingerprint density at radius 3 is 2.85 bits per heavy atom. The predicted octanol–water partition coefficient (Wildman–Crippen LogP) is 1.12. The monoisotopic (exact) mass is 295 g/mol.